The van der Waals surface area contributed by atoms with Gasteiger partial charge in [-0.2, -0.15) is 12.6 Å². The fourth-order valence-corrected chi connectivity index (χ4v) is 2.31. The molecule has 0 aliphatic heterocycles. The van der Waals surface area contributed by atoms with E-state index in [0.29, 0.717) is 11.3 Å². The molecule has 0 atom stereocenters. The van der Waals surface area contributed by atoms with Crippen molar-refractivity contribution in [1.82, 2.24) is 4.57 Å². The molecule has 0 saturated carbocycles. The van der Waals surface area contributed by atoms with Crippen molar-refractivity contribution < 1.29 is 4.74 Å². The van der Waals surface area contributed by atoms with Gasteiger partial charge in [0.1, 0.15) is 5.75 Å². The van der Waals surface area contributed by atoms with Gasteiger partial charge in [-0.05, 0) is 49.7 Å². The first-order valence-corrected chi connectivity index (χ1v) is 7.23. The van der Waals surface area contributed by atoms with E-state index in [-0.39, 0.29) is 11.7 Å². The number of hydrogen-bond acceptors (Lipinski definition) is 3. The van der Waals surface area contributed by atoms with Crippen LogP contribution in [0, 0.1) is 0 Å². The summed E-state index contributed by atoms with van der Waals surface area (Å²) in [5.41, 5.74) is 2.59. The highest BCUT2D eigenvalue weighted by molar-refractivity contribution is 7.79. The van der Waals surface area contributed by atoms with Crippen LogP contribution in [-0.4, -0.2) is 10.7 Å². The molecule has 0 spiro atoms. The normalized spacial score (nSPS) is 10.8. The number of nitrogens with zero attached hydrogens (tertiary/aromatic N) is 1. The number of benzene rings is 1. The number of rotatable bonds is 4. The lowest BCUT2D eigenvalue weighted by Crippen LogP contribution is -2.21. The lowest BCUT2D eigenvalue weighted by atomic mass is 10.1. The summed E-state index contributed by atoms with van der Waals surface area (Å²) in [5.74, 6) is 1.29. The Hall–Kier alpha value is -1.68. The number of hydrogen-bond donors (Lipinski definition) is 1. The summed E-state index contributed by atoms with van der Waals surface area (Å²) in [6.45, 7) is 3.99. The minimum absolute atomic E-state index is 0.00000643. The fraction of sp³-hybridized carbons (Fsp3) is 0.312. The van der Waals surface area contributed by atoms with Crippen LogP contribution in [0.4, 0.5) is 0 Å². The second-order valence-corrected chi connectivity index (χ2v) is 5.27. The van der Waals surface area contributed by atoms with E-state index >= 15 is 0 Å². The van der Waals surface area contributed by atoms with Gasteiger partial charge in [-0.15, -0.1) is 0 Å². The summed E-state index contributed by atoms with van der Waals surface area (Å²) in [4.78, 5) is 12.1. The SMILES string of the molecule is CC(C)Oc1ccc(-c2ccc(CS)c(=O)n2C)cc1. The van der Waals surface area contributed by atoms with E-state index in [1.807, 2.05) is 50.2 Å². The van der Waals surface area contributed by atoms with E-state index in [9.17, 15) is 4.79 Å². The topological polar surface area (TPSA) is 31.2 Å². The van der Waals surface area contributed by atoms with Crippen molar-refractivity contribution in [1.29, 1.82) is 0 Å². The first-order valence-electron chi connectivity index (χ1n) is 6.59. The number of pyridine rings is 1. The van der Waals surface area contributed by atoms with Gasteiger partial charge in [0, 0.05) is 18.4 Å². The van der Waals surface area contributed by atoms with E-state index in [4.69, 9.17) is 4.74 Å². The van der Waals surface area contributed by atoms with Gasteiger partial charge < -0.3 is 9.30 Å². The van der Waals surface area contributed by atoms with Crippen LogP contribution in [-0.2, 0) is 12.8 Å². The van der Waals surface area contributed by atoms with Crippen molar-refractivity contribution in [3.8, 4) is 17.0 Å². The highest BCUT2D eigenvalue weighted by Crippen LogP contribution is 2.22. The molecule has 0 aliphatic rings. The van der Waals surface area contributed by atoms with Gasteiger partial charge in [-0.3, -0.25) is 4.79 Å². The molecule has 1 aromatic heterocycles. The van der Waals surface area contributed by atoms with E-state index in [1.165, 1.54) is 0 Å². The zero-order chi connectivity index (χ0) is 14.7. The van der Waals surface area contributed by atoms with Crippen LogP contribution in [0.25, 0.3) is 11.3 Å². The Bertz CT molecular complexity index is 645. The highest BCUT2D eigenvalue weighted by atomic mass is 32.1. The summed E-state index contributed by atoms with van der Waals surface area (Å²) < 4.78 is 7.27. The van der Waals surface area contributed by atoms with Crippen molar-refractivity contribution in [2.45, 2.75) is 25.7 Å². The lowest BCUT2D eigenvalue weighted by molar-refractivity contribution is 0.242. The van der Waals surface area contributed by atoms with Crippen LogP contribution < -0.4 is 10.3 Å². The molecule has 4 heteroatoms. The van der Waals surface area contributed by atoms with Crippen LogP contribution in [0.3, 0.4) is 0 Å². The second kappa shape index (κ2) is 6.18. The molecular weight excluding hydrogens is 270 g/mol. The molecule has 0 saturated heterocycles. The summed E-state index contributed by atoms with van der Waals surface area (Å²) >= 11 is 4.16. The Balaban J connectivity index is 2.37. The minimum Gasteiger partial charge on any atom is -0.491 e. The quantitative estimate of drug-likeness (QED) is 0.876. The van der Waals surface area contributed by atoms with E-state index < -0.39 is 0 Å². The predicted molar refractivity (Wildman–Crippen MR) is 85.6 cm³/mol. The van der Waals surface area contributed by atoms with Gasteiger partial charge >= 0.3 is 0 Å². The Morgan fingerprint density at radius 1 is 1.15 bits per heavy atom. The fourth-order valence-electron chi connectivity index (χ4n) is 2.07. The maximum atomic E-state index is 12.1. The molecule has 106 valence electrons. The maximum absolute atomic E-state index is 12.1. The average Bonchev–Trinajstić information content (AvgIpc) is 2.42. The second-order valence-electron chi connectivity index (χ2n) is 4.96. The summed E-state index contributed by atoms with van der Waals surface area (Å²) in [5, 5.41) is 0. The lowest BCUT2D eigenvalue weighted by Gasteiger charge is -2.12. The molecule has 20 heavy (non-hydrogen) atoms. The van der Waals surface area contributed by atoms with Crippen molar-refractivity contribution in [3.63, 3.8) is 0 Å². The molecule has 0 aliphatic carbocycles. The smallest absolute Gasteiger partial charge is 0.254 e. The first-order chi connectivity index (χ1) is 9.52. The molecule has 0 N–H and O–H groups in total. The van der Waals surface area contributed by atoms with Gasteiger partial charge in [0.15, 0.2) is 0 Å². The van der Waals surface area contributed by atoms with Crippen molar-refractivity contribution in [2.24, 2.45) is 7.05 Å². The van der Waals surface area contributed by atoms with E-state index in [0.717, 1.165) is 17.0 Å². The highest BCUT2D eigenvalue weighted by Gasteiger charge is 2.07. The molecule has 0 fully saturated rings. The molecule has 3 nitrogen and oxygen atoms in total. The molecule has 1 heterocycles. The van der Waals surface area contributed by atoms with Crippen LogP contribution in [0.15, 0.2) is 41.2 Å². The maximum Gasteiger partial charge on any atom is 0.254 e. The molecule has 2 rings (SSSR count). The molecule has 0 radical (unpaired) electrons. The third kappa shape index (κ3) is 3.07. The van der Waals surface area contributed by atoms with Crippen LogP contribution in [0.1, 0.15) is 19.4 Å². The predicted octanol–water partition coefficient (Wildman–Crippen LogP) is 3.27. The molecule has 0 bridgehead atoms. The van der Waals surface area contributed by atoms with Gasteiger partial charge in [-0.25, -0.2) is 0 Å². The zero-order valence-corrected chi connectivity index (χ0v) is 12.9. The zero-order valence-electron chi connectivity index (χ0n) is 12.0. The number of aromatic nitrogens is 1. The Morgan fingerprint density at radius 2 is 1.80 bits per heavy atom. The third-order valence-corrected chi connectivity index (χ3v) is 3.42. The molecule has 0 amide bonds. The summed E-state index contributed by atoms with van der Waals surface area (Å²) in [6.07, 6.45) is 0.153. The molecule has 1 aromatic carbocycles. The monoisotopic (exact) mass is 289 g/mol. The Labute approximate surface area is 124 Å². The van der Waals surface area contributed by atoms with Gasteiger partial charge in [0.05, 0.1) is 11.8 Å². The van der Waals surface area contributed by atoms with Gasteiger partial charge in [-0.1, -0.05) is 6.07 Å². The van der Waals surface area contributed by atoms with E-state index in [1.54, 1.807) is 11.6 Å². The number of ether oxygens (including phenoxy) is 1. The van der Waals surface area contributed by atoms with Gasteiger partial charge in [0.25, 0.3) is 5.56 Å². The summed E-state index contributed by atoms with van der Waals surface area (Å²) in [7, 11) is 1.78. The summed E-state index contributed by atoms with van der Waals surface area (Å²) in [6, 6.07) is 11.6. The molecule has 2 aromatic rings. The van der Waals surface area contributed by atoms with Crippen LogP contribution >= 0.6 is 12.6 Å². The molecular formula is C16H19NO2S. The minimum atomic E-state index is 0.00000643. The third-order valence-electron chi connectivity index (χ3n) is 3.08. The Morgan fingerprint density at radius 3 is 2.35 bits per heavy atom. The van der Waals surface area contributed by atoms with Crippen LogP contribution in [0.2, 0.25) is 0 Å². The first kappa shape index (κ1) is 14.7. The molecule has 0 unspecified atom stereocenters. The van der Waals surface area contributed by atoms with E-state index in [2.05, 4.69) is 12.6 Å². The number of thiol groups is 1. The van der Waals surface area contributed by atoms with Crippen molar-refractivity contribution >= 4 is 12.6 Å². The average molecular weight is 289 g/mol. The van der Waals surface area contributed by atoms with Crippen LogP contribution in [0.5, 0.6) is 5.75 Å². The largest absolute Gasteiger partial charge is 0.491 e. The van der Waals surface area contributed by atoms with Crippen molar-refractivity contribution in [2.75, 3.05) is 0 Å². The van der Waals surface area contributed by atoms with Gasteiger partial charge in [0.2, 0.25) is 0 Å². The van der Waals surface area contributed by atoms with Crippen molar-refractivity contribution in [3.05, 3.63) is 52.3 Å². The standard InChI is InChI=1S/C16H19NO2S/c1-11(2)19-14-7-4-12(5-8-14)15-9-6-13(10-20)16(18)17(15)3/h4-9,11,20H,10H2,1-3H3. The Kier molecular flexibility index (Phi) is 4.55.